The largest absolute Gasteiger partial charge is 0.467 e. The highest BCUT2D eigenvalue weighted by molar-refractivity contribution is 6.11. The first kappa shape index (κ1) is 22.5. The minimum Gasteiger partial charge on any atom is -0.467 e. The highest BCUT2D eigenvalue weighted by Crippen LogP contribution is 2.37. The highest BCUT2D eigenvalue weighted by Gasteiger charge is 2.54. The molecule has 9 heteroatoms. The molecule has 1 unspecified atom stereocenters. The van der Waals surface area contributed by atoms with Crippen molar-refractivity contribution in [2.45, 2.75) is 18.0 Å². The monoisotopic (exact) mass is 494 g/mol. The average molecular weight is 495 g/mol. The molecule has 2 aliphatic rings. The van der Waals surface area contributed by atoms with Gasteiger partial charge in [0.1, 0.15) is 29.8 Å². The zero-order valence-electron chi connectivity index (χ0n) is 19.6. The fraction of sp³-hybridized carbons (Fsp3) is 0.143. The molecule has 4 amide bonds. The number of nitrogens with one attached hydrogen (secondary N) is 1. The lowest BCUT2D eigenvalue weighted by Gasteiger charge is -2.28. The number of carbonyl (C=O) groups is 3. The number of nitrogens with zero attached hydrogens (tertiary/aromatic N) is 3. The Morgan fingerprint density at radius 3 is 2.14 bits per heavy atom. The number of urea groups is 1. The van der Waals surface area contributed by atoms with Crippen LogP contribution in [0, 0.1) is 0 Å². The molecule has 0 aliphatic carbocycles. The smallest absolute Gasteiger partial charge is 0.326 e. The van der Waals surface area contributed by atoms with Gasteiger partial charge in [-0.25, -0.2) is 9.80 Å². The van der Waals surface area contributed by atoms with E-state index in [4.69, 9.17) is 8.83 Å². The summed E-state index contributed by atoms with van der Waals surface area (Å²) in [7, 11) is 0. The number of rotatable bonds is 6. The summed E-state index contributed by atoms with van der Waals surface area (Å²) < 4.78 is 11.0. The fourth-order valence-corrected chi connectivity index (χ4v) is 4.90. The molecule has 184 valence electrons. The van der Waals surface area contributed by atoms with Crippen molar-refractivity contribution in [3.8, 4) is 0 Å². The molecule has 0 bridgehead atoms. The molecule has 6 rings (SSSR count). The third-order valence-electron chi connectivity index (χ3n) is 6.66. The second-order valence-electron chi connectivity index (χ2n) is 8.80. The SMILES string of the molecule is O=C1NC(c2ccccc2)(c2ccccc2)C(=O)N1CC(=O)N1N=C(c2ccco2)CC1c1ccco1. The van der Waals surface area contributed by atoms with Gasteiger partial charge in [0.2, 0.25) is 0 Å². The first-order chi connectivity index (χ1) is 18.1. The van der Waals surface area contributed by atoms with Crippen LogP contribution in [0.5, 0.6) is 0 Å². The Bertz CT molecular complexity index is 1420. The lowest BCUT2D eigenvalue weighted by Crippen LogP contribution is -2.46. The van der Waals surface area contributed by atoms with E-state index < -0.39 is 36.0 Å². The molecule has 1 N–H and O–H groups in total. The number of benzene rings is 2. The van der Waals surface area contributed by atoms with Crippen molar-refractivity contribution in [2.75, 3.05) is 6.54 Å². The molecular weight excluding hydrogens is 472 g/mol. The van der Waals surface area contributed by atoms with Gasteiger partial charge in [0, 0.05) is 6.42 Å². The van der Waals surface area contributed by atoms with Crippen molar-refractivity contribution in [1.29, 1.82) is 0 Å². The molecule has 2 aromatic heterocycles. The van der Waals surface area contributed by atoms with Gasteiger partial charge in [0.15, 0.2) is 5.54 Å². The van der Waals surface area contributed by atoms with Gasteiger partial charge >= 0.3 is 6.03 Å². The second kappa shape index (κ2) is 8.94. The Hall–Kier alpha value is -4.92. The molecular formula is C28H22N4O5. The van der Waals surface area contributed by atoms with Crippen molar-refractivity contribution < 1.29 is 23.2 Å². The van der Waals surface area contributed by atoms with Gasteiger partial charge in [0.25, 0.3) is 11.8 Å². The van der Waals surface area contributed by atoms with Crippen molar-refractivity contribution in [3.63, 3.8) is 0 Å². The number of imide groups is 1. The zero-order chi connectivity index (χ0) is 25.4. The molecule has 1 saturated heterocycles. The minimum atomic E-state index is -1.45. The van der Waals surface area contributed by atoms with Gasteiger partial charge in [-0.05, 0) is 35.4 Å². The van der Waals surface area contributed by atoms with E-state index in [2.05, 4.69) is 10.4 Å². The number of furan rings is 2. The Kier molecular flexibility index (Phi) is 5.45. The Balaban J connectivity index is 1.33. The van der Waals surface area contributed by atoms with Crippen molar-refractivity contribution in [2.24, 2.45) is 5.10 Å². The lowest BCUT2D eigenvalue weighted by atomic mass is 9.82. The maximum absolute atomic E-state index is 14.0. The van der Waals surface area contributed by atoms with Crippen molar-refractivity contribution in [1.82, 2.24) is 15.2 Å². The quantitative estimate of drug-likeness (QED) is 0.407. The molecule has 0 saturated carbocycles. The summed E-state index contributed by atoms with van der Waals surface area (Å²) >= 11 is 0. The Morgan fingerprint density at radius 2 is 1.54 bits per heavy atom. The summed E-state index contributed by atoms with van der Waals surface area (Å²) in [5.74, 6) is 0.0170. The van der Waals surface area contributed by atoms with Crippen LogP contribution in [0.2, 0.25) is 0 Å². The third kappa shape index (κ3) is 3.72. The van der Waals surface area contributed by atoms with E-state index in [1.807, 2.05) is 12.1 Å². The Morgan fingerprint density at radius 1 is 0.892 bits per heavy atom. The number of hydrazone groups is 1. The molecule has 9 nitrogen and oxygen atoms in total. The van der Waals surface area contributed by atoms with Gasteiger partial charge in [0.05, 0.1) is 12.5 Å². The number of amides is 4. The topological polar surface area (TPSA) is 108 Å². The van der Waals surface area contributed by atoms with Crippen LogP contribution in [-0.4, -0.2) is 40.0 Å². The number of carbonyl (C=O) groups excluding carboxylic acids is 3. The maximum atomic E-state index is 14.0. The standard InChI is InChI=1S/C28H22N4O5/c33-25(32-22(24-14-8-16-37-24)17-21(30-32)23-13-7-15-36-23)18-31-26(34)28(29-27(31)35,19-9-3-1-4-10-19)20-11-5-2-6-12-20/h1-16,22H,17-18H2,(H,29,35). The fourth-order valence-electron chi connectivity index (χ4n) is 4.90. The molecule has 4 aromatic rings. The molecule has 37 heavy (non-hydrogen) atoms. The van der Waals surface area contributed by atoms with Crippen LogP contribution in [0.4, 0.5) is 4.79 Å². The first-order valence-electron chi connectivity index (χ1n) is 11.8. The van der Waals surface area contributed by atoms with Crippen LogP contribution in [0.1, 0.15) is 35.1 Å². The summed E-state index contributed by atoms with van der Waals surface area (Å²) in [6, 6.07) is 23.8. The normalized spacial score (nSPS) is 18.7. The van der Waals surface area contributed by atoms with E-state index in [1.54, 1.807) is 72.8 Å². The van der Waals surface area contributed by atoms with Crippen LogP contribution in [0.15, 0.2) is 111 Å². The summed E-state index contributed by atoms with van der Waals surface area (Å²) in [6.45, 7) is -0.488. The van der Waals surface area contributed by atoms with Crippen LogP contribution in [0.25, 0.3) is 0 Å². The van der Waals surface area contributed by atoms with E-state index in [9.17, 15) is 14.4 Å². The van der Waals surface area contributed by atoms with Gasteiger partial charge in [-0.1, -0.05) is 60.7 Å². The second-order valence-corrected chi connectivity index (χ2v) is 8.80. The predicted octanol–water partition coefficient (Wildman–Crippen LogP) is 4.05. The van der Waals surface area contributed by atoms with Crippen LogP contribution in [0.3, 0.4) is 0 Å². The summed E-state index contributed by atoms with van der Waals surface area (Å²) in [4.78, 5) is 41.7. The molecule has 2 aromatic carbocycles. The third-order valence-corrected chi connectivity index (χ3v) is 6.66. The molecule has 0 radical (unpaired) electrons. The van der Waals surface area contributed by atoms with E-state index in [1.165, 1.54) is 17.5 Å². The van der Waals surface area contributed by atoms with Gasteiger partial charge in [-0.15, -0.1) is 0 Å². The van der Waals surface area contributed by atoms with Crippen LogP contribution < -0.4 is 5.32 Å². The molecule has 1 fully saturated rings. The van der Waals surface area contributed by atoms with E-state index >= 15 is 0 Å². The Labute approximate surface area is 212 Å². The maximum Gasteiger partial charge on any atom is 0.326 e. The zero-order valence-corrected chi connectivity index (χ0v) is 19.6. The van der Waals surface area contributed by atoms with E-state index in [0.29, 0.717) is 34.8 Å². The van der Waals surface area contributed by atoms with E-state index in [-0.39, 0.29) is 0 Å². The number of hydrogen-bond donors (Lipinski definition) is 1. The van der Waals surface area contributed by atoms with Crippen LogP contribution in [-0.2, 0) is 15.1 Å². The average Bonchev–Trinajstić information content (AvgIpc) is 3.74. The molecule has 0 spiro atoms. The van der Waals surface area contributed by atoms with Crippen molar-refractivity contribution in [3.05, 3.63) is 120 Å². The minimum absolute atomic E-state index is 0.366. The molecule has 1 atom stereocenters. The van der Waals surface area contributed by atoms with Gasteiger partial charge in [-0.3, -0.25) is 14.5 Å². The first-order valence-corrected chi connectivity index (χ1v) is 11.8. The van der Waals surface area contributed by atoms with Gasteiger partial charge in [-0.2, -0.15) is 5.10 Å². The summed E-state index contributed by atoms with van der Waals surface area (Å²) in [5.41, 5.74) is 0.317. The summed E-state index contributed by atoms with van der Waals surface area (Å²) in [6.07, 6.45) is 3.42. The molecule has 2 aliphatic heterocycles. The van der Waals surface area contributed by atoms with Gasteiger partial charge < -0.3 is 14.2 Å². The highest BCUT2D eigenvalue weighted by atomic mass is 16.3. The molecule has 4 heterocycles. The predicted molar refractivity (Wildman–Crippen MR) is 132 cm³/mol. The lowest BCUT2D eigenvalue weighted by molar-refractivity contribution is -0.139. The number of hydrogen-bond acceptors (Lipinski definition) is 6. The van der Waals surface area contributed by atoms with E-state index in [0.717, 1.165) is 4.90 Å². The summed E-state index contributed by atoms with van der Waals surface area (Å²) in [5, 5.41) is 8.62. The van der Waals surface area contributed by atoms with Crippen LogP contribution >= 0.6 is 0 Å². The van der Waals surface area contributed by atoms with Crippen molar-refractivity contribution >= 4 is 23.6 Å².